The number of rotatable bonds is 5. The molecule has 0 saturated heterocycles. The number of hydrogen-bond acceptors (Lipinski definition) is 5. The molecule has 1 aliphatic rings. The van der Waals surface area contributed by atoms with Crippen molar-refractivity contribution < 1.29 is 24.1 Å². The molecule has 0 spiro atoms. The predicted molar refractivity (Wildman–Crippen MR) is 84.7 cm³/mol. The van der Waals surface area contributed by atoms with Crippen LogP contribution in [0.4, 0.5) is 5.69 Å². The van der Waals surface area contributed by atoms with E-state index in [1.54, 1.807) is 19.2 Å². The molecule has 2 N–H and O–H groups in total. The lowest BCUT2D eigenvalue weighted by Crippen LogP contribution is -2.15. The fraction of sp³-hybridized carbons (Fsp3) is 0.235. The average molecular weight is 315 g/mol. The molecule has 0 fully saturated rings. The molecule has 1 heterocycles. The molecule has 2 aromatic rings. The molecule has 6 heteroatoms. The van der Waals surface area contributed by atoms with E-state index in [-0.39, 0.29) is 5.56 Å². The van der Waals surface area contributed by atoms with E-state index in [9.17, 15) is 4.79 Å². The van der Waals surface area contributed by atoms with Gasteiger partial charge in [0.1, 0.15) is 19.0 Å². The first-order chi connectivity index (χ1) is 11.2. The first kappa shape index (κ1) is 15.0. The molecule has 120 valence electrons. The number of carbonyl (C=O) groups is 1. The summed E-state index contributed by atoms with van der Waals surface area (Å²) in [5.74, 6) is 1.08. The predicted octanol–water partition coefficient (Wildman–Crippen LogP) is 2.78. The Morgan fingerprint density at radius 1 is 1.17 bits per heavy atom. The van der Waals surface area contributed by atoms with Crippen molar-refractivity contribution in [1.82, 2.24) is 0 Å². The first-order valence-electron chi connectivity index (χ1n) is 7.21. The number of carboxylic acid groups (broad SMARTS) is 1. The SMILES string of the molecule is COc1ccc(C(=O)O)cc1NCc1ccc2c(c1)OCCO2. The molecular weight excluding hydrogens is 298 g/mol. The van der Waals surface area contributed by atoms with Gasteiger partial charge >= 0.3 is 5.97 Å². The Kier molecular flexibility index (Phi) is 4.23. The van der Waals surface area contributed by atoms with Gasteiger partial charge in [0.25, 0.3) is 0 Å². The minimum Gasteiger partial charge on any atom is -0.495 e. The number of anilines is 1. The summed E-state index contributed by atoms with van der Waals surface area (Å²) in [4.78, 5) is 11.1. The van der Waals surface area contributed by atoms with Gasteiger partial charge in [-0.15, -0.1) is 0 Å². The second-order valence-corrected chi connectivity index (χ2v) is 5.05. The van der Waals surface area contributed by atoms with Crippen LogP contribution in [0, 0.1) is 0 Å². The molecule has 0 aliphatic carbocycles. The number of carboxylic acids is 1. The summed E-state index contributed by atoms with van der Waals surface area (Å²) in [5, 5.41) is 12.3. The van der Waals surface area contributed by atoms with E-state index in [2.05, 4.69) is 5.32 Å². The van der Waals surface area contributed by atoms with Crippen molar-refractivity contribution >= 4 is 11.7 Å². The zero-order valence-corrected chi connectivity index (χ0v) is 12.7. The Labute approximate surface area is 133 Å². The van der Waals surface area contributed by atoms with Crippen LogP contribution in [0.1, 0.15) is 15.9 Å². The van der Waals surface area contributed by atoms with Crippen molar-refractivity contribution in [2.24, 2.45) is 0 Å². The number of fused-ring (bicyclic) bond motifs is 1. The van der Waals surface area contributed by atoms with Crippen molar-refractivity contribution in [2.45, 2.75) is 6.54 Å². The molecule has 0 unspecified atom stereocenters. The summed E-state index contributed by atoms with van der Waals surface area (Å²) in [5.41, 5.74) is 1.83. The molecule has 2 aromatic carbocycles. The first-order valence-corrected chi connectivity index (χ1v) is 7.21. The van der Waals surface area contributed by atoms with E-state index in [1.807, 2.05) is 18.2 Å². The highest BCUT2D eigenvalue weighted by atomic mass is 16.6. The van der Waals surface area contributed by atoms with Crippen LogP contribution in [0.3, 0.4) is 0 Å². The average Bonchev–Trinajstić information content (AvgIpc) is 2.59. The van der Waals surface area contributed by atoms with E-state index >= 15 is 0 Å². The van der Waals surface area contributed by atoms with Gasteiger partial charge in [0, 0.05) is 6.54 Å². The number of methoxy groups -OCH3 is 1. The number of nitrogens with one attached hydrogen (secondary N) is 1. The third kappa shape index (κ3) is 3.31. The lowest BCUT2D eigenvalue weighted by atomic mass is 10.1. The third-order valence-electron chi connectivity index (χ3n) is 3.54. The molecule has 1 aliphatic heterocycles. The Balaban J connectivity index is 1.77. The molecule has 0 atom stereocenters. The standard InChI is InChI=1S/C17H17NO5/c1-21-14-5-3-12(17(19)20)9-13(14)18-10-11-2-4-15-16(8-11)23-7-6-22-15/h2-5,8-9,18H,6-7,10H2,1H3,(H,19,20). The second kappa shape index (κ2) is 6.48. The summed E-state index contributed by atoms with van der Waals surface area (Å²) < 4.78 is 16.3. The van der Waals surface area contributed by atoms with Crippen LogP contribution in [0.2, 0.25) is 0 Å². The van der Waals surface area contributed by atoms with Crippen LogP contribution in [-0.4, -0.2) is 31.4 Å². The number of hydrogen-bond donors (Lipinski definition) is 2. The van der Waals surface area contributed by atoms with Gasteiger partial charge in [-0.3, -0.25) is 0 Å². The second-order valence-electron chi connectivity index (χ2n) is 5.05. The Morgan fingerprint density at radius 3 is 2.70 bits per heavy atom. The highest BCUT2D eigenvalue weighted by Gasteiger charge is 2.12. The summed E-state index contributed by atoms with van der Waals surface area (Å²) >= 11 is 0. The molecule has 0 aromatic heterocycles. The highest BCUT2D eigenvalue weighted by molar-refractivity contribution is 5.89. The molecule has 0 radical (unpaired) electrons. The number of ether oxygens (including phenoxy) is 3. The monoisotopic (exact) mass is 315 g/mol. The van der Waals surface area contributed by atoms with Gasteiger partial charge in [-0.25, -0.2) is 4.79 Å². The van der Waals surface area contributed by atoms with Gasteiger partial charge in [-0.1, -0.05) is 6.07 Å². The Bertz CT molecular complexity index is 729. The van der Waals surface area contributed by atoms with Crippen LogP contribution in [0.15, 0.2) is 36.4 Å². The summed E-state index contributed by atoms with van der Waals surface area (Å²) in [6.45, 7) is 1.61. The van der Waals surface area contributed by atoms with Gasteiger partial charge in [0.2, 0.25) is 0 Å². The van der Waals surface area contributed by atoms with Crippen molar-refractivity contribution in [1.29, 1.82) is 0 Å². The van der Waals surface area contributed by atoms with Gasteiger partial charge in [-0.2, -0.15) is 0 Å². The van der Waals surface area contributed by atoms with Crippen molar-refractivity contribution in [2.75, 3.05) is 25.6 Å². The fourth-order valence-corrected chi connectivity index (χ4v) is 2.37. The van der Waals surface area contributed by atoms with Crippen molar-refractivity contribution in [3.05, 3.63) is 47.5 Å². The van der Waals surface area contributed by atoms with Crippen LogP contribution in [-0.2, 0) is 6.54 Å². The van der Waals surface area contributed by atoms with Gasteiger partial charge in [0.05, 0.1) is 18.4 Å². The van der Waals surface area contributed by atoms with Gasteiger partial charge in [0.15, 0.2) is 11.5 Å². The van der Waals surface area contributed by atoms with E-state index in [1.165, 1.54) is 6.07 Å². The van der Waals surface area contributed by atoms with Crippen molar-refractivity contribution in [3.63, 3.8) is 0 Å². The molecule has 0 bridgehead atoms. The van der Waals surface area contributed by atoms with Crippen LogP contribution in [0.25, 0.3) is 0 Å². The Hall–Kier alpha value is -2.89. The number of benzene rings is 2. The number of aromatic carboxylic acids is 1. The zero-order valence-electron chi connectivity index (χ0n) is 12.7. The smallest absolute Gasteiger partial charge is 0.335 e. The van der Waals surface area contributed by atoms with Gasteiger partial charge < -0.3 is 24.6 Å². The van der Waals surface area contributed by atoms with E-state index in [4.69, 9.17) is 19.3 Å². The minimum atomic E-state index is -0.977. The fourth-order valence-electron chi connectivity index (χ4n) is 2.37. The molecule has 0 amide bonds. The van der Waals surface area contributed by atoms with Gasteiger partial charge in [-0.05, 0) is 35.9 Å². The van der Waals surface area contributed by atoms with Crippen LogP contribution >= 0.6 is 0 Å². The molecule has 3 rings (SSSR count). The minimum absolute atomic E-state index is 0.204. The zero-order chi connectivity index (χ0) is 16.2. The van der Waals surface area contributed by atoms with E-state index in [0.29, 0.717) is 31.2 Å². The Morgan fingerprint density at radius 2 is 1.96 bits per heavy atom. The van der Waals surface area contributed by atoms with E-state index in [0.717, 1.165) is 17.1 Å². The molecule has 0 saturated carbocycles. The summed E-state index contributed by atoms with van der Waals surface area (Å²) in [7, 11) is 1.55. The highest BCUT2D eigenvalue weighted by Crippen LogP contribution is 2.31. The molecular formula is C17H17NO5. The summed E-state index contributed by atoms with van der Waals surface area (Å²) in [6.07, 6.45) is 0. The topological polar surface area (TPSA) is 77.0 Å². The molecule has 23 heavy (non-hydrogen) atoms. The molecule has 6 nitrogen and oxygen atoms in total. The lowest BCUT2D eigenvalue weighted by Gasteiger charge is -2.19. The third-order valence-corrected chi connectivity index (χ3v) is 3.54. The summed E-state index contributed by atoms with van der Waals surface area (Å²) in [6, 6.07) is 10.4. The maximum atomic E-state index is 11.1. The van der Waals surface area contributed by atoms with Crippen molar-refractivity contribution in [3.8, 4) is 17.2 Å². The van der Waals surface area contributed by atoms with E-state index < -0.39 is 5.97 Å². The maximum Gasteiger partial charge on any atom is 0.335 e. The quantitative estimate of drug-likeness (QED) is 0.883. The van der Waals surface area contributed by atoms with Crippen LogP contribution in [0.5, 0.6) is 17.2 Å². The lowest BCUT2D eigenvalue weighted by molar-refractivity contribution is 0.0697. The normalized spacial score (nSPS) is 12.6. The maximum absolute atomic E-state index is 11.1. The largest absolute Gasteiger partial charge is 0.495 e. The van der Waals surface area contributed by atoms with Crippen LogP contribution < -0.4 is 19.5 Å².